The van der Waals surface area contributed by atoms with Gasteiger partial charge in [-0.05, 0) is 36.0 Å². The average molecular weight is 324 g/mol. The van der Waals surface area contributed by atoms with E-state index in [4.69, 9.17) is 0 Å². The molecule has 0 unspecified atom stereocenters. The molecule has 0 saturated carbocycles. The summed E-state index contributed by atoms with van der Waals surface area (Å²) in [5, 5.41) is 10.7. The predicted octanol–water partition coefficient (Wildman–Crippen LogP) is 2.77. The lowest BCUT2D eigenvalue weighted by Gasteiger charge is -2.30. The highest BCUT2D eigenvalue weighted by Crippen LogP contribution is 2.31. The van der Waals surface area contributed by atoms with Crippen molar-refractivity contribution in [2.75, 3.05) is 18.0 Å². The monoisotopic (exact) mass is 324 g/mol. The van der Waals surface area contributed by atoms with Crippen LogP contribution in [0.3, 0.4) is 0 Å². The number of benzene rings is 1. The number of nitrogens with zero attached hydrogens (tertiary/aromatic N) is 2. The third-order valence-corrected chi connectivity index (χ3v) is 5.14. The molecule has 0 spiro atoms. The molecule has 1 aromatic carbocycles. The minimum atomic E-state index is 0.0226. The molecular weight excluding hydrogens is 300 g/mol. The lowest BCUT2D eigenvalue weighted by molar-refractivity contribution is 0.0979. The normalized spacial score (nSPS) is 16.9. The van der Waals surface area contributed by atoms with Gasteiger partial charge in [-0.1, -0.05) is 26.0 Å². The van der Waals surface area contributed by atoms with Crippen LogP contribution in [0.15, 0.2) is 18.2 Å². The van der Waals surface area contributed by atoms with Gasteiger partial charge in [0.05, 0.1) is 0 Å². The number of nitrogens with one attached hydrogen (secondary N) is 2. The molecule has 0 fully saturated rings. The second kappa shape index (κ2) is 6.06. The highest BCUT2D eigenvalue weighted by Gasteiger charge is 2.29. The number of aromatic nitrogens is 2. The van der Waals surface area contributed by atoms with Gasteiger partial charge in [-0.3, -0.25) is 9.89 Å². The van der Waals surface area contributed by atoms with Crippen LogP contribution in [0.1, 0.15) is 59.1 Å². The van der Waals surface area contributed by atoms with E-state index in [2.05, 4.69) is 47.6 Å². The molecule has 5 heteroatoms. The zero-order valence-electron chi connectivity index (χ0n) is 14.4. The molecule has 24 heavy (non-hydrogen) atoms. The first-order chi connectivity index (χ1) is 11.6. The molecule has 2 N–H and O–H groups in total. The van der Waals surface area contributed by atoms with Crippen molar-refractivity contribution < 1.29 is 4.79 Å². The van der Waals surface area contributed by atoms with Gasteiger partial charge in [0.1, 0.15) is 0 Å². The molecule has 0 aliphatic carbocycles. The van der Waals surface area contributed by atoms with E-state index in [9.17, 15) is 4.79 Å². The summed E-state index contributed by atoms with van der Waals surface area (Å²) < 4.78 is 0. The Labute approximate surface area is 142 Å². The molecule has 5 nitrogen and oxygen atoms in total. The van der Waals surface area contributed by atoms with Crippen LogP contribution in [0, 0.1) is 0 Å². The summed E-state index contributed by atoms with van der Waals surface area (Å²) in [4.78, 5) is 15.0. The van der Waals surface area contributed by atoms with Crippen LogP contribution in [0.5, 0.6) is 0 Å². The fourth-order valence-electron chi connectivity index (χ4n) is 3.72. The third-order valence-electron chi connectivity index (χ3n) is 5.14. The number of rotatable bonds is 2. The minimum absolute atomic E-state index is 0.0226. The molecule has 0 radical (unpaired) electrons. The second-order valence-electron chi connectivity index (χ2n) is 7.06. The van der Waals surface area contributed by atoms with Crippen molar-refractivity contribution in [1.82, 2.24) is 15.5 Å². The molecule has 3 heterocycles. The van der Waals surface area contributed by atoms with Crippen LogP contribution in [-0.2, 0) is 19.4 Å². The quantitative estimate of drug-likeness (QED) is 0.893. The summed E-state index contributed by atoms with van der Waals surface area (Å²) in [7, 11) is 0. The molecule has 0 bridgehead atoms. The lowest BCUT2D eigenvalue weighted by Crippen LogP contribution is -2.37. The average Bonchev–Trinajstić information content (AvgIpc) is 3.04. The molecule has 1 aromatic heterocycles. The summed E-state index contributed by atoms with van der Waals surface area (Å²) in [6, 6.07) is 6.52. The summed E-state index contributed by atoms with van der Waals surface area (Å²) in [6.45, 7) is 6.84. The molecule has 2 aromatic rings. The van der Waals surface area contributed by atoms with Gasteiger partial charge < -0.3 is 10.2 Å². The van der Waals surface area contributed by atoms with Crippen LogP contribution in [0.2, 0.25) is 0 Å². The van der Waals surface area contributed by atoms with Gasteiger partial charge in [0.15, 0.2) is 5.69 Å². The van der Waals surface area contributed by atoms with Gasteiger partial charge in [0.2, 0.25) is 0 Å². The van der Waals surface area contributed by atoms with Crippen molar-refractivity contribution in [3.05, 3.63) is 46.3 Å². The van der Waals surface area contributed by atoms with Gasteiger partial charge in [-0.25, -0.2) is 0 Å². The van der Waals surface area contributed by atoms with Gasteiger partial charge in [-0.15, -0.1) is 0 Å². The maximum absolute atomic E-state index is 13.1. The largest absolute Gasteiger partial charge is 0.312 e. The molecule has 4 rings (SSSR count). The van der Waals surface area contributed by atoms with E-state index in [1.807, 2.05) is 4.90 Å². The Balaban J connectivity index is 1.69. The Morgan fingerprint density at radius 3 is 3.00 bits per heavy atom. The molecule has 2 aliphatic rings. The number of hydrogen-bond acceptors (Lipinski definition) is 3. The number of carbonyl (C=O) groups excluding carboxylic acids is 1. The fourth-order valence-corrected chi connectivity index (χ4v) is 3.72. The Morgan fingerprint density at radius 2 is 2.17 bits per heavy atom. The van der Waals surface area contributed by atoms with Crippen LogP contribution in [-0.4, -0.2) is 29.2 Å². The smallest absolute Gasteiger partial charge is 0.279 e. The minimum Gasteiger partial charge on any atom is -0.312 e. The first-order valence-electron chi connectivity index (χ1n) is 8.86. The number of H-pyrrole nitrogens is 1. The Kier molecular flexibility index (Phi) is 3.88. The summed E-state index contributed by atoms with van der Waals surface area (Å²) >= 11 is 0. The maximum Gasteiger partial charge on any atom is 0.279 e. The van der Waals surface area contributed by atoms with E-state index in [-0.39, 0.29) is 5.91 Å². The summed E-state index contributed by atoms with van der Waals surface area (Å²) in [5.41, 5.74) is 6.39. The topological polar surface area (TPSA) is 61.0 Å². The van der Waals surface area contributed by atoms with Crippen LogP contribution in [0.4, 0.5) is 5.69 Å². The van der Waals surface area contributed by atoms with Crippen molar-refractivity contribution in [2.45, 2.75) is 45.6 Å². The molecule has 1 amide bonds. The lowest BCUT2D eigenvalue weighted by atomic mass is 9.94. The number of amides is 1. The van der Waals surface area contributed by atoms with Crippen molar-refractivity contribution >= 4 is 11.6 Å². The first-order valence-corrected chi connectivity index (χ1v) is 8.86. The number of hydrogen-bond donors (Lipinski definition) is 2. The molecule has 0 atom stereocenters. The molecule has 2 aliphatic heterocycles. The van der Waals surface area contributed by atoms with E-state index in [1.54, 1.807) is 0 Å². The van der Waals surface area contributed by atoms with Crippen LogP contribution < -0.4 is 10.2 Å². The van der Waals surface area contributed by atoms with Crippen molar-refractivity contribution in [3.8, 4) is 0 Å². The molecule has 0 saturated heterocycles. The van der Waals surface area contributed by atoms with E-state index in [0.717, 1.165) is 55.8 Å². The van der Waals surface area contributed by atoms with E-state index >= 15 is 0 Å². The van der Waals surface area contributed by atoms with Crippen molar-refractivity contribution in [2.24, 2.45) is 0 Å². The van der Waals surface area contributed by atoms with Crippen molar-refractivity contribution in [3.63, 3.8) is 0 Å². The van der Waals surface area contributed by atoms with Gasteiger partial charge >= 0.3 is 0 Å². The molecular formula is C19H24N4O. The second-order valence-corrected chi connectivity index (χ2v) is 7.06. The maximum atomic E-state index is 13.1. The summed E-state index contributed by atoms with van der Waals surface area (Å²) in [6.07, 6.45) is 2.95. The van der Waals surface area contributed by atoms with Gasteiger partial charge in [0.25, 0.3) is 5.91 Å². The number of aryl methyl sites for hydroxylation is 1. The third kappa shape index (κ3) is 2.53. The Bertz CT molecular complexity index is 778. The molecule has 126 valence electrons. The van der Waals surface area contributed by atoms with E-state index < -0.39 is 0 Å². The van der Waals surface area contributed by atoms with Gasteiger partial charge in [0, 0.05) is 43.0 Å². The van der Waals surface area contributed by atoms with Crippen LogP contribution >= 0.6 is 0 Å². The summed E-state index contributed by atoms with van der Waals surface area (Å²) in [5.74, 6) is 0.528. The zero-order valence-corrected chi connectivity index (χ0v) is 14.4. The standard InChI is InChI=1S/C19H24N4O/c1-12(2)13-5-6-17-14(10-13)4-3-9-23(17)19(24)18-15-11-20-8-7-16(15)21-22-18/h5-6,10,12,20H,3-4,7-9,11H2,1-2H3,(H,21,22). The highest BCUT2D eigenvalue weighted by molar-refractivity contribution is 6.06. The Morgan fingerprint density at radius 1 is 1.29 bits per heavy atom. The first kappa shape index (κ1) is 15.4. The zero-order chi connectivity index (χ0) is 16.7. The number of anilines is 1. The predicted molar refractivity (Wildman–Crippen MR) is 94.5 cm³/mol. The SMILES string of the molecule is CC(C)c1ccc2c(c1)CCCN2C(=O)c1n[nH]c2c1CNCC2. The van der Waals surface area contributed by atoms with E-state index in [1.165, 1.54) is 11.1 Å². The number of aromatic amines is 1. The van der Waals surface area contributed by atoms with Crippen LogP contribution in [0.25, 0.3) is 0 Å². The highest BCUT2D eigenvalue weighted by atomic mass is 16.2. The fraction of sp³-hybridized carbons (Fsp3) is 0.474. The van der Waals surface area contributed by atoms with Gasteiger partial charge in [-0.2, -0.15) is 5.10 Å². The van der Waals surface area contributed by atoms with E-state index in [0.29, 0.717) is 11.6 Å². The number of fused-ring (bicyclic) bond motifs is 2. The number of carbonyl (C=O) groups is 1. The Hall–Kier alpha value is -2.14. The van der Waals surface area contributed by atoms with Crippen molar-refractivity contribution in [1.29, 1.82) is 0 Å².